The van der Waals surface area contributed by atoms with Crippen LogP contribution in [0.3, 0.4) is 0 Å². The molecule has 2 fully saturated rings. The van der Waals surface area contributed by atoms with Gasteiger partial charge in [0.2, 0.25) is 0 Å². The molecule has 2 aliphatic rings. The summed E-state index contributed by atoms with van der Waals surface area (Å²) in [6, 6.07) is 1.74. The second kappa shape index (κ2) is 3.84. The predicted molar refractivity (Wildman–Crippen MR) is 33.3 cm³/mol. The molecule has 2 heterocycles. The summed E-state index contributed by atoms with van der Waals surface area (Å²) in [5, 5.41) is 0. The van der Waals surface area contributed by atoms with Crippen LogP contribution in [0.15, 0.2) is 0 Å². The molecule has 2 saturated heterocycles. The van der Waals surface area contributed by atoms with Gasteiger partial charge in [0.1, 0.15) is 0 Å². The van der Waals surface area contributed by atoms with Crippen molar-refractivity contribution < 1.29 is 51.4 Å². The number of hydrogen-bond donors (Lipinski definition) is 0. The van der Waals surface area contributed by atoms with Gasteiger partial charge in [0, 0.05) is 0 Å². The first-order chi connectivity index (χ1) is 3.97. The van der Waals surface area contributed by atoms with Crippen molar-refractivity contribution in [3.05, 3.63) is 6.04 Å². The third-order valence-corrected chi connectivity index (χ3v) is 2.23. The standard InChI is InChI=1S/C7H12N.K/c1-3-7-4-2-6-8(7)5-1;/h1-6H2;/q-1;+1. The first-order valence-electron chi connectivity index (χ1n) is 3.56. The molecule has 9 heavy (non-hydrogen) atoms. The van der Waals surface area contributed by atoms with Gasteiger partial charge >= 0.3 is 51.4 Å². The Labute approximate surface area is 99.6 Å². The van der Waals surface area contributed by atoms with E-state index in [-0.39, 0.29) is 51.4 Å². The molecule has 1 nitrogen and oxygen atoms in total. The summed E-state index contributed by atoms with van der Waals surface area (Å²) in [5.74, 6) is 0. The summed E-state index contributed by atoms with van der Waals surface area (Å²) in [7, 11) is 0. The maximum atomic E-state index is 2.56. The normalized spacial score (nSPS) is 28.0. The Balaban J connectivity index is 0.000000405. The van der Waals surface area contributed by atoms with Gasteiger partial charge in [-0.2, -0.15) is 12.8 Å². The molecular weight excluding hydrogens is 137 g/mol. The number of hydrogen-bond acceptors (Lipinski definition) is 1. The summed E-state index contributed by atoms with van der Waals surface area (Å²) in [5.41, 5.74) is 0. The fraction of sp³-hybridized carbons (Fsp3) is 0.857. The van der Waals surface area contributed by atoms with Crippen LogP contribution in [0.2, 0.25) is 0 Å². The van der Waals surface area contributed by atoms with E-state index in [9.17, 15) is 0 Å². The molecule has 0 saturated carbocycles. The van der Waals surface area contributed by atoms with Gasteiger partial charge in [-0.05, 0) is 13.1 Å². The van der Waals surface area contributed by atoms with Crippen molar-refractivity contribution >= 4 is 0 Å². The largest absolute Gasteiger partial charge is 1.00 e. The van der Waals surface area contributed by atoms with E-state index >= 15 is 0 Å². The van der Waals surface area contributed by atoms with Crippen molar-refractivity contribution in [1.82, 2.24) is 4.90 Å². The average Bonchev–Trinajstić information content (AvgIpc) is 2.15. The molecule has 0 radical (unpaired) electrons. The maximum absolute atomic E-state index is 2.56. The fourth-order valence-corrected chi connectivity index (χ4v) is 1.82. The van der Waals surface area contributed by atoms with Crippen molar-refractivity contribution in [2.24, 2.45) is 0 Å². The monoisotopic (exact) mass is 149 g/mol. The Bertz CT molecular complexity index is 74.9. The van der Waals surface area contributed by atoms with E-state index in [0.29, 0.717) is 0 Å². The number of rotatable bonds is 0. The Morgan fingerprint density at radius 1 is 1.00 bits per heavy atom. The van der Waals surface area contributed by atoms with Gasteiger partial charge in [-0.3, -0.25) is 6.04 Å². The zero-order valence-electron chi connectivity index (χ0n) is 6.19. The molecule has 0 N–H and O–H groups in total. The smallest absolute Gasteiger partial charge is 0.454 e. The summed E-state index contributed by atoms with van der Waals surface area (Å²) in [6.45, 7) is 2.71. The van der Waals surface area contributed by atoms with E-state index in [2.05, 4.69) is 4.90 Å². The third kappa shape index (κ3) is 1.79. The molecule has 0 aromatic carbocycles. The second-order valence-corrected chi connectivity index (χ2v) is 2.76. The van der Waals surface area contributed by atoms with Crippen molar-refractivity contribution in [2.45, 2.75) is 25.7 Å². The maximum Gasteiger partial charge on any atom is 1.00 e. The van der Waals surface area contributed by atoms with Gasteiger partial charge in [-0.25, -0.2) is 0 Å². The minimum atomic E-state index is 0. The van der Waals surface area contributed by atoms with Gasteiger partial charge in [-0.1, -0.05) is 12.8 Å². The van der Waals surface area contributed by atoms with E-state index in [1.165, 1.54) is 38.8 Å². The van der Waals surface area contributed by atoms with Crippen LogP contribution in [0.25, 0.3) is 0 Å². The van der Waals surface area contributed by atoms with Crippen molar-refractivity contribution in [3.63, 3.8) is 0 Å². The van der Waals surface area contributed by atoms with Crippen LogP contribution in [0.5, 0.6) is 0 Å². The first-order valence-corrected chi connectivity index (χ1v) is 3.56. The average molecular weight is 149 g/mol. The summed E-state index contributed by atoms with van der Waals surface area (Å²) < 4.78 is 0. The molecule has 2 heteroatoms. The van der Waals surface area contributed by atoms with Gasteiger partial charge in [0.05, 0.1) is 0 Å². The van der Waals surface area contributed by atoms with Gasteiger partial charge in [0.25, 0.3) is 0 Å². The molecule has 0 aromatic heterocycles. The van der Waals surface area contributed by atoms with Gasteiger partial charge < -0.3 is 4.90 Å². The molecule has 46 valence electrons. The quantitative estimate of drug-likeness (QED) is 0.296. The van der Waals surface area contributed by atoms with Crippen LogP contribution in [0.4, 0.5) is 0 Å². The minimum absolute atomic E-state index is 0. The Hall–Kier alpha value is 1.60. The number of nitrogens with zero attached hydrogens (tertiary/aromatic N) is 1. The predicted octanol–water partition coefficient (Wildman–Crippen LogP) is -1.59. The topological polar surface area (TPSA) is 3.24 Å². The molecular formula is C7H12KN. The summed E-state index contributed by atoms with van der Waals surface area (Å²) in [4.78, 5) is 2.56. The first kappa shape index (κ1) is 8.69. The number of fused-ring (bicyclic) bond motifs is 1. The van der Waals surface area contributed by atoms with Crippen LogP contribution in [0, 0.1) is 6.04 Å². The van der Waals surface area contributed by atoms with E-state index < -0.39 is 0 Å². The van der Waals surface area contributed by atoms with E-state index in [0.717, 1.165) is 0 Å². The Morgan fingerprint density at radius 3 is 2.00 bits per heavy atom. The van der Waals surface area contributed by atoms with E-state index in [4.69, 9.17) is 0 Å². The van der Waals surface area contributed by atoms with Crippen LogP contribution < -0.4 is 51.4 Å². The van der Waals surface area contributed by atoms with Crippen molar-refractivity contribution in [1.29, 1.82) is 0 Å². The van der Waals surface area contributed by atoms with Gasteiger partial charge in [-0.15, -0.1) is 0 Å². The van der Waals surface area contributed by atoms with Crippen LogP contribution in [-0.4, -0.2) is 18.0 Å². The third-order valence-electron chi connectivity index (χ3n) is 2.23. The molecule has 0 unspecified atom stereocenters. The molecule has 0 amide bonds. The molecule has 2 aliphatic heterocycles. The molecule has 0 atom stereocenters. The van der Waals surface area contributed by atoms with Gasteiger partial charge in [0.15, 0.2) is 0 Å². The minimum Gasteiger partial charge on any atom is -0.454 e. The summed E-state index contributed by atoms with van der Waals surface area (Å²) in [6.07, 6.45) is 5.66. The van der Waals surface area contributed by atoms with Crippen LogP contribution in [-0.2, 0) is 0 Å². The SMILES string of the molecule is C1C[C-]2CCCN2C1.[K+]. The Morgan fingerprint density at radius 2 is 1.56 bits per heavy atom. The zero-order chi connectivity index (χ0) is 5.40. The van der Waals surface area contributed by atoms with Crippen molar-refractivity contribution in [2.75, 3.05) is 13.1 Å². The van der Waals surface area contributed by atoms with E-state index in [1.807, 2.05) is 0 Å². The molecule has 0 bridgehead atoms. The van der Waals surface area contributed by atoms with Crippen LogP contribution in [0.1, 0.15) is 25.7 Å². The second-order valence-electron chi connectivity index (χ2n) is 2.76. The fourth-order valence-electron chi connectivity index (χ4n) is 1.82. The molecule has 0 spiro atoms. The molecule has 0 aliphatic carbocycles. The molecule has 2 rings (SSSR count). The Kier molecular flexibility index (Phi) is 3.70. The van der Waals surface area contributed by atoms with Crippen LogP contribution >= 0.6 is 0 Å². The van der Waals surface area contributed by atoms with Crippen molar-refractivity contribution in [3.8, 4) is 0 Å². The van der Waals surface area contributed by atoms with E-state index in [1.54, 1.807) is 6.04 Å². The molecule has 0 aromatic rings. The summed E-state index contributed by atoms with van der Waals surface area (Å²) >= 11 is 0. The zero-order valence-corrected chi connectivity index (χ0v) is 9.31.